The van der Waals surface area contributed by atoms with Crippen molar-refractivity contribution in [2.45, 2.75) is 44.8 Å². The Kier molecular flexibility index (Phi) is 5.31. The highest BCUT2D eigenvalue weighted by atomic mass is 32.2. The summed E-state index contributed by atoms with van der Waals surface area (Å²) in [6.07, 6.45) is 1.58. The normalized spacial score (nSPS) is 20.3. The maximum atomic E-state index is 13.3. The Morgan fingerprint density at radius 3 is 2.00 bits per heavy atom. The molecule has 1 aliphatic rings. The summed E-state index contributed by atoms with van der Waals surface area (Å²) in [6, 6.07) is 15.9. The molecule has 0 N–H and O–H groups in total. The van der Waals surface area contributed by atoms with E-state index in [0.29, 0.717) is 17.4 Å². The minimum absolute atomic E-state index is 0.0344. The van der Waals surface area contributed by atoms with E-state index in [9.17, 15) is 8.42 Å². The summed E-state index contributed by atoms with van der Waals surface area (Å²) in [5.41, 5.74) is 1.36. The summed E-state index contributed by atoms with van der Waals surface area (Å²) >= 11 is 0. The monoisotopic (exact) mass is 411 g/mol. The van der Waals surface area contributed by atoms with Gasteiger partial charge < -0.3 is 9.31 Å². The van der Waals surface area contributed by atoms with Crippen molar-refractivity contribution in [1.82, 2.24) is 3.97 Å². The topological polar surface area (TPSA) is 57.5 Å². The van der Waals surface area contributed by atoms with Crippen LogP contribution in [-0.4, -0.2) is 31.7 Å². The van der Waals surface area contributed by atoms with Gasteiger partial charge in [0.2, 0.25) is 0 Å². The first-order valence-electron chi connectivity index (χ1n) is 10.0. The number of hydrogen-bond acceptors (Lipinski definition) is 4. The Balaban J connectivity index is 1.82. The molecule has 1 saturated heterocycles. The maximum absolute atomic E-state index is 13.3. The number of para-hydroxylation sites is 1. The van der Waals surface area contributed by atoms with Crippen LogP contribution in [-0.2, 0) is 19.3 Å². The molecule has 0 saturated carbocycles. The summed E-state index contributed by atoms with van der Waals surface area (Å²) in [5, 5.41) is 0.823. The fraction of sp³-hybridized carbons (Fsp3) is 0.364. The van der Waals surface area contributed by atoms with E-state index < -0.39 is 17.1 Å². The van der Waals surface area contributed by atoms with Gasteiger partial charge in [0.25, 0.3) is 10.0 Å². The molecule has 152 valence electrons. The average molecular weight is 411 g/mol. The molecule has 4 rings (SSSR count). The zero-order valence-corrected chi connectivity index (χ0v) is 18.0. The second-order valence-electron chi connectivity index (χ2n) is 8.24. The first-order valence-corrected chi connectivity index (χ1v) is 11.5. The molecule has 1 fully saturated rings. The third-order valence-electron chi connectivity index (χ3n) is 5.46. The van der Waals surface area contributed by atoms with E-state index in [1.807, 2.05) is 24.3 Å². The van der Waals surface area contributed by atoms with E-state index >= 15 is 0 Å². The van der Waals surface area contributed by atoms with E-state index in [1.165, 1.54) is 3.97 Å². The van der Waals surface area contributed by atoms with Crippen LogP contribution in [0.3, 0.4) is 0 Å². The van der Waals surface area contributed by atoms with Crippen LogP contribution in [0, 0.1) is 11.8 Å². The number of fused-ring (bicyclic) bond motifs is 1. The first kappa shape index (κ1) is 20.2. The lowest BCUT2D eigenvalue weighted by molar-refractivity contribution is 0.0815. The highest BCUT2D eigenvalue weighted by molar-refractivity contribution is 7.90. The van der Waals surface area contributed by atoms with Crippen molar-refractivity contribution < 1.29 is 17.7 Å². The molecule has 0 amide bonds. The summed E-state index contributed by atoms with van der Waals surface area (Å²) in [6.45, 7) is 8.48. The molecule has 2 unspecified atom stereocenters. The number of benzene rings is 2. The van der Waals surface area contributed by atoms with Gasteiger partial charge >= 0.3 is 7.12 Å². The van der Waals surface area contributed by atoms with Crippen LogP contribution in [0.2, 0.25) is 0 Å². The van der Waals surface area contributed by atoms with Crippen LogP contribution in [0.25, 0.3) is 10.9 Å². The highest BCUT2D eigenvalue weighted by Crippen LogP contribution is 2.30. The van der Waals surface area contributed by atoms with E-state index in [1.54, 1.807) is 36.5 Å². The average Bonchev–Trinajstić information content (AvgIpc) is 3.31. The molecule has 2 aromatic carbocycles. The Morgan fingerprint density at radius 2 is 1.41 bits per heavy atom. The van der Waals surface area contributed by atoms with Crippen LogP contribution in [0.15, 0.2) is 65.7 Å². The molecular formula is C22H26BNO4S. The van der Waals surface area contributed by atoms with Gasteiger partial charge in [-0.3, -0.25) is 0 Å². The molecule has 0 bridgehead atoms. The fourth-order valence-corrected chi connectivity index (χ4v) is 5.36. The van der Waals surface area contributed by atoms with Crippen molar-refractivity contribution in [3.05, 3.63) is 60.8 Å². The predicted octanol–water partition coefficient (Wildman–Crippen LogP) is 3.67. The molecule has 3 aromatic rings. The van der Waals surface area contributed by atoms with Crippen LogP contribution < -0.4 is 5.46 Å². The summed E-state index contributed by atoms with van der Waals surface area (Å²) in [4.78, 5) is 0.251. The molecule has 1 aliphatic heterocycles. The smallest absolute Gasteiger partial charge is 0.402 e. The number of aromatic nitrogens is 1. The van der Waals surface area contributed by atoms with Crippen LogP contribution in [0.4, 0.5) is 0 Å². The van der Waals surface area contributed by atoms with Gasteiger partial charge in [0.15, 0.2) is 0 Å². The quantitative estimate of drug-likeness (QED) is 0.602. The Bertz CT molecular complexity index is 1090. The zero-order chi connectivity index (χ0) is 20.8. The second kappa shape index (κ2) is 7.63. The van der Waals surface area contributed by atoms with Crippen molar-refractivity contribution >= 4 is 33.5 Å². The third kappa shape index (κ3) is 3.52. The molecular weight excluding hydrogens is 385 g/mol. The Labute approximate surface area is 172 Å². The van der Waals surface area contributed by atoms with Gasteiger partial charge in [-0.25, -0.2) is 12.4 Å². The molecule has 29 heavy (non-hydrogen) atoms. The highest BCUT2D eigenvalue weighted by Gasteiger charge is 2.44. The van der Waals surface area contributed by atoms with Gasteiger partial charge in [-0.1, -0.05) is 64.1 Å². The lowest BCUT2D eigenvalue weighted by Crippen LogP contribution is -2.33. The van der Waals surface area contributed by atoms with Crippen LogP contribution in [0.1, 0.15) is 27.7 Å². The van der Waals surface area contributed by atoms with Gasteiger partial charge in [0, 0.05) is 17.0 Å². The van der Waals surface area contributed by atoms with E-state index in [-0.39, 0.29) is 17.1 Å². The van der Waals surface area contributed by atoms with Crippen molar-refractivity contribution in [2.24, 2.45) is 11.8 Å². The minimum atomic E-state index is -3.73. The standard InChI is InChI=1S/C22H26BNO4S/c1-15(2)21-22(16(3)4)28-23(27-21)19-14-24(20-13-9-8-12-18(19)20)29(25,26)17-10-6-5-7-11-17/h5-16,21-22H,1-4H3. The van der Waals surface area contributed by atoms with E-state index in [0.717, 1.165) is 10.8 Å². The summed E-state index contributed by atoms with van der Waals surface area (Å²) in [5.74, 6) is 0.600. The van der Waals surface area contributed by atoms with E-state index in [4.69, 9.17) is 9.31 Å². The lowest BCUT2D eigenvalue weighted by atomic mass is 9.79. The number of rotatable bonds is 5. The summed E-state index contributed by atoms with van der Waals surface area (Å²) < 4.78 is 40.5. The van der Waals surface area contributed by atoms with Crippen molar-refractivity contribution in [3.63, 3.8) is 0 Å². The first-order chi connectivity index (χ1) is 13.8. The Morgan fingerprint density at radius 1 is 0.862 bits per heavy atom. The molecule has 1 aromatic heterocycles. The molecule has 0 spiro atoms. The van der Waals surface area contributed by atoms with Crippen molar-refractivity contribution in [1.29, 1.82) is 0 Å². The molecule has 2 atom stereocenters. The Hall–Kier alpha value is -2.09. The molecule has 7 heteroatoms. The number of nitrogens with zero attached hydrogens (tertiary/aromatic N) is 1. The van der Waals surface area contributed by atoms with Crippen molar-refractivity contribution in [2.75, 3.05) is 0 Å². The van der Waals surface area contributed by atoms with Gasteiger partial charge in [-0.05, 0) is 30.0 Å². The van der Waals surface area contributed by atoms with Gasteiger partial charge in [0.05, 0.1) is 22.6 Å². The maximum Gasteiger partial charge on any atom is 0.496 e. The van der Waals surface area contributed by atoms with Crippen LogP contribution in [0.5, 0.6) is 0 Å². The van der Waals surface area contributed by atoms with Gasteiger partial charge in [-0.15, -0.1) is 0 Å². The van der Waals surface area contributed by atoms with Crippen LogP contribution >= 0.6 is 0 Å². The largest absolute Gasteiger partial charge is 0.496 e. The fourth-order valence-electron chi connectivity index (χ4n) is 3.96. The summed E-state index contributed by atoms with van der Waals surface area (Å²) in [7, 11) is -4.32. The van der Waals surface area contributed by atoms with Gasteiger partial charge in [-0.2, -0.15) is 0 Å². The SMILES string of the molecule is CC(C)C1OB(c2cn(S(=O)(=O)c3ccccc3)c3ccccc23)OC1C(C)C. The number of hydrogen-bond donors (Lipinski definition) is 0. The molecule has 2 heterocycles. The molecule has 5 nitrogen and oxygen atoms in total. The molecule has 0 aliphatic carbocycles. The third-order valence-corrected chi connectivity index (χ3v) is 7.15. The minimum Gasteiger partial charge on any atom is -0.402 e. The van der Waals surface area contributed by atoms with E-state index in [2.05, 4.69) is 27.7 Å². The zero-order valence-electron chi connectivity index (χ0n) is 17.1. The lowest BCUT2D eigenvalue weighted by Gasteiger charge is -2.24. The predicted molar refractivity (Wildman–Crippen MR) is 116 cm³/mol. The second-order valence-corrected chi connectivity index (χ2v) is 10.1. The molecule has 0 radical (unpaired) electrons. The van der Waals surface area contributed by atoms with Crippen molar-refractivity contribution in [3.8, 4) is 0 Å². The van der Waals surface area contributed by atoms with Gasteiger partial charge in [0.1, 0.15) is 0 Å².